The van der Waals surface area contributed by atoms with E-state index < -0.39 is 0 Å². The fraction of sp³-hybridized carbons (Fsp3) is 0.0500. The van der Waals surface area contributed by atoms with Gasteiger partial charge in [-0.2, -0.15) is 0 Å². The summed E-state index contributed by atoms with van der Waals surface area (Å²) in [5.74, 6) is -0.280. The van der Waals surface area contributed by atoms with E-state index in [4.69, 9.17) is 11.8 Å². The molecule has 0 unspecified atom stereocenters. The average molecular weight is 322 g/mol. The van der Waals surface area contributed by atoms with Gasteiger partial charge in [0.2, 0.25) is 0 Å². The normalized spacial score (nSPS) is 10.3. The number of amides is 1. The highest BCUT2D eigenvalue weighted by atomic mass is 35.5. The molecule has 3 rings (SSSR count). The average Bonchev–Trinajstić information content (AvgIpc) is 2.62. The Labute approximate surface area is 140 Å². The first-order valence-corrected chi connectivity index (χ1v) is 7.79. The van der Waals surface area contributed by atoms with Crippen LogP contribution in [0.25, 0.3) is 11.1 Å². The maximum absolute atomic E-state index is 12.0. The Balaban J connectivity index is 2.04. The summed E-state index contributed by atoms with van der Waals surface area (Å²) in [4.78, 5) is 14.2. The Hall–Kier alpha value is -2.58. The van der Waals surface area contributed by atoms with Crippen LogP contribution in [0.1, 0.15) is 21.5 Å². The summed E-state index contributed by atoms with van der Waals surface area (Å²) in [5, 5.41) is 0. The van der Waals surface area contributed by atoms with Gasteiger partial charge < -0.3 is 0 Å². The highest BCUT2D eigenvalue weighted by Crippen LogP contribution is 2.24. The van der Waals surface area contributed by atoms with Gasteiger partial charge >= 0.3 is 0 Å². The fourth-order valence-corrected chi connectivity index (χ4v) is 2.74. The van der Waals surface area contributed by atoms with Crippen molar-refractivity contribution in [1.82, 2.24) is 4.84 Å². The lowest BCUT2D eigenvalue weighted by Gasteiger charge is -2.11. The molecule has 0 aliphatic carbocycles. The summed E-state index contributed by atoms with van der Waals surface area (Å²) in [6.07, 6.45) is 0.682. The van der Waals surface area contributed by atoms with Gasteiger partial charge in [0.05, 0.1) is 0 Å². The highest BCUT2D eigenvalue weighted by Gasteiger charge is 2.12. The van der Waals surface area contributed by atoms with Gasteiger partial charge in [0.1, 0.15) is 0 Å². The topological polar surface area (TPSA) is 29.1 Å². The van der Waals surface area contributed by atoms with Crippen molar-refractivity contribution in [2.45, 2.75) is 6.42 Å². The largest absolute Gasteiger partial charge is 0.268 e. The molecule has 0 atom stereocenters. The molecule has 0 bridgehead atoms. The number of hydrogen-bond acceptors (Lipinski definition) is 1. The van der Waals surface area contributed by atoms with E-state index >= 15 is 0 Å². The molecule has 3 aromatic carbocycles. The quantitative estimate of drug-likeness (QED) is 0.685. The Bertz CT molecular complexity index is 800. The van der Waals surface area contributed by atoms with E-state index in [-0.39, 0.29) is 5.91 Å². The Morgan fingerprint density at radius 1 is 0.826 bits per heavy atom. The first-order chi connectivity index (χ1) is 11.3. The molecule has 0 saturated carbocycles. The molecule has 2 nitrogen and oxygen atoms in total. The molecule has 0 fully saturated rings. The number of nitrogens with one attached hydrogen (secondary N) is 1. The van der Waals surface area contributed by atoms with Gasteiger partial charge in [0, 0.05) is 17.3 Å². The van der Waals surface area contributed by atoms with Gasteiger partial charge in [-0.15, -0.1) is 0 Å². The van der Waals surface area contributed by atoms with Crippen LogP contribution in [0.2, 0.25) is 0 Å². The molecule has 1 N–H and O–H groups in total. The minimum atomic E-state index is -0.280. The van der Waals surface area contributed by atoms with Crippen LogP contribution in [-0.2, 0) is 6.42 Å². The van der Waals surface area contributed by atoms with Crippen molar-refractivity contribution in [3.63, 3.8) is 0 Å². The first-order valence-electron chi connectivity index (χ1n) is 7.41. The SMILES string of the molecule is O=C(NCl)c1ccc(-c2ccccc2)cc1Cc1ccccc1. The van der Waals surface area contributed by atoms with E-state index in [1.807, 2.05) is 48.5 Å². The van der Waals surface area contributed by atoms with Crippen LogP contribution in [-0.4, -0.2) is 5.91 Å². The van der Waals surface area contributed by atoms with E-state index in [0.29, 0.717) is 12.0 Å². The lowest BCUT2D eigenvalue weighted by Crippen LogP contribution is -2.15. The summed E-state index contributed by atoms with van der Waals surface area (Å²) < 4.78 is 0. The molecule has 0 aliphatic rings. The van der Waals surface area contributed by atoms with Crippen LogP contribution in [0, 0.1) is 0 Å². The minimum absolute atomic E-state index is 0.280. The van der Waals surface area contributed by atoms with Crippen molar-refractivity contribution in [1.29, 1.82) is 0 Å². The molecule has 0 aromatic heterocycles. The second-order valence-corrected chi connectivity index (χ2v) is 5.51. The standard InChI is InChI=1S/C20H16ClNO/c21-22-20(23)19-12-11-17(16-9-5-2-6-10-16)14-18(19)13-15-7-3-1-4-8-15/h1-12,14H,13H2,(H,22,23). The number of hydrogen-bond donors (Lipinski definition) is 1. The summed E-state index contributed by atoms with van der Waals surface area (Å²) in [7, 11) is 0. The molecule has 0 saturated heterocycles. The molecule has 23 heavy (non-hydrogen) atoms. The molecule has 0 spiro atoms. The molecule has 0 heterocycles. The smallest absolute Gasteiger partial charge is 0.265 e. The Kier molecular flexibility index (Phi) is 4.74. The summed E-state index contributed by atoms with van der Waals surface area (Å²) in [5.41, 5.74) is 4.92. The maximum Gasteiger partial charge on any atom is 0.265 e. The van der Waals surface area contributed by atoms with Gasteiger partial charge in [-0.1, -0.05) is 72.8 Å². The first kappa shape index (κ1) is 15.3. The van der Waals surface area contributed by atoms with Crippen molar-refractivity contribution in [2.75, 3.05) is 0 Å². The van der Waals surface area contributed by atoms with Crippen molar-refractivity contribution >= 4 is 17.7 Å². The van der Waals surface area contributed by atoms with Crippen molar-refractivity contribution in [3.8, 4) is 11.1 Å². The van der Waals surface area contributed by atoms with Crippen molar-refractivity contribution in [3.05, 3.63) is 95.6 Å². The predicted octanol–water partition coefficient (Wildman–Crippen LogP) is 4.83. The summed E-state index contributed by atoms with van der Waals surface area (Å²) >= 11 is 5.52. The van der Waals surface area contributed by atoms with E-state index in [0.717, 1.165) is 22.3 Å². The number of carbonyl (C=O) groups excluding carboxylic acids is 1. The Morgan fingerprint density at radius 2 is 1.48 bits per heavy atom. The zero-order valence-electron chi connectivity index (χ0n) is 12.5. The number of benzene rings is 3. The molecular weight excluding hydrogens is 306 g/mol. The zero-order chi connectivity index (χ0) is 16.1. The maximum atomic E-state index is 12.0. The summed E-state index contributed by atoms with van der Waals surface area (Å²) in [6.45, 7) is 0. The van der Waals surface area contributed by atoms with Gasteiger partial charge in [-0.3, -0.25) is 9.63 Å². The molecule has 0 radical (unpaired) electrons. The number of rotatable bonds is 4. The van der Waals surface area contributed by atoms with Gasteiger partial charge in [0.15, 0.2) is 0 Å². The second kappa shape index (κ2) is 7.12. The molecule has 0 aliphatic heterocycles. The van der Waals surface area contributed by atoms with Crippen LogP contribution >= 0.6 is 11.8 Å². The zero-order valence-corrected chi connectivity index (χ0v) is 13.3. The van der Waals surface area contributed by atoms with Crippen LogP contribution in [0.15, 0.2) is 78.9 Å². The number of halogens is 1. The minimum Gasteiger partial charge on any atom is -0.268 e. The second-order valence-electron chi connectivity index (χ2n) is 5.32. The number of carbonyl (C=O) groups is 1. The third-order valence-corrected chi connectivity index (χ3v) is 3.95. The van der Waals surface area contributed by atoms with E-state index in [1.165, 1.54) is 0 Å². The van der Waals surface area contributed by atoms with Crippen LogP contribution in [0.3, 0.4) is 0 Å². The monoisotopic (exact) mass is 321 g/mol. The molecule has 3 aromatic rings. The van der Waals surface area contributed by atoms with Gasteiger partial charge in [-0.25, -0.2) is 0 Å². The van der Waals surface area contributed by atoms with Gasteiger partial charge in [0.25, 0.3) is 5.91 Å². The third kappa shape index (κ3) is 3.61. The van der Waals surface area contributed by atoms with Crippen LogP contribution < -0.4 is 4.84 Å². The van der Waals surface area contributed by atoms with Crippen LogP contribution in [0.5, 0.6) is 0 Å². The van der Waals surface area contributed by atoms with E-state index in [9.17, 15) is 4.79 Å². The third-order valence-electron chi connectivity index (χ3n) is 3.78. The van der Waals surface area contributed by atoms with E-state index in [2.05, 4.69) is 35.2 Å². The molecular formula is C20H16ClNO. The van der Waals surface area contributed by atoms with Crippen molar-refractivity contribution < 1.29 is 4.79 Å². The van der Waals surface area contributed by atoms with Crippen LogP contribution in [0.4, 0.5) is 0 Å². The highest BCUT2D eigenvalue weighted by molar-refractivity contribution is 6.24. The van der Waals surface area contributed by atoms with Gasteiger partial charge in [-0.05, 0) is 34.7 Å². The lowest BCUT2D eigenvalue weighted by molar-refractivity contribution is 0.0981. The Morgan fingerprint density at radius 3 is 2.13 bits per heavy atom. The molecule has 114 valence electrons. The fourth-order valence-electron chi connectivity index (χ4n) is 2.64. The lowest BCUT2D eigenvalue weighted by atomic mass is 9.94. The van der Waals surface area contributed by atoms with Crippen molar-refractivity contribution in [2.24, 2.45) is 0 Å². The molecule has 3 heteroatoms. The van der Waals surface area contributed by atoms with E-state index in [1.54, 1.807) is 0 Å². The summed E-state index contributed by atoms with van der Waals surface area (Å²) in [6, 6.07) is 26.0. The predicted molar refractivity (Wildman–Crippen MR) is 94.4 cm³/mol. The molecule has 1 amide bonds.